The fourth-order valence-corrected chi connectivity index (χ4v) is 2.60. The van der Waals surface area contributed by atoms with Crippen molar-refractivity contribution < 1.29 is 14.7 Å². The summed E-state index contributed by atoms with van der Waals surface area (Å²) in [6.07, 6.45) is 3.76. The van der Waals surface area contributed by atoms with E-state index in [0.29, 0.717) is 18.2 Å². The summed E-state index contributed by atoms with van der Waals surface area (Å²) in [4.78, 5) is 22.9. The van der Waals surface area contributed by atoms with Gasteiger partial charge in [0.15, 0.2) is 0 Å². The maximum Gasteiger partial charge on any atom is 0.335 e. The van der Waals surface area contributed by atoms with Crippen LogP contribution in [0.4, 0.5) is 5.69 Å². The van der Waals surface area contributed by atoms with Crippen molar-refractivity contribution in [1.82, 2.24) is 0 Å². The topological polar surface area (TPSA) is 92.4 Å². The molecule has 0 aromatic heterocycles. The summed E-state index contributed by atoms with van der Waals surface area (Å²) >= 11 is 0. The van der Waals surface area contributed by atoms with Gasteiger partial charge in [-0.2, -0.15) is 0 Å². The van der Waals surface area contributed by atoms with Crippen LogP contribution in [0.5, 0.6) is 0 Å². The molecule has 5 heteroatoms. The van der Waals surface area contributed by atoms with E-state index in [0.717, 1.165) is 25.7 Å². The molecule has 1 aromatic rings. The molecule has 1 aliphatic carbocycles. The Balaban J connectivity index is 1.90. The zero-order valence-corrected chi connectivity index (χ0v) is 11.3. The second-order valence-electron chi connectivity index (χ2n) is 5.33. The van der Waals surface area contributed by atoms with Crippen LogP contribution < -0.4 is 11.1 Å². The van der Waals surface area contributed by atoms with Crippen LogP contribution in [0.1, 0.15) is 36.0 Å². The highest BCUT2D eigenvalue weighted by Crippen LogP contribution is 2.29. The maximum atomic E-state index is 12.1. The first-order valence-electron chi connectivity index (χ1n) is 6.94. The van der Waals surface area contributed by atoms with Gasteiger partial charge in [-0.25, -0.2) is 4.79 Å². The maximum absolute atomic E-state index is 12.1. The molecule has 0 aliphatic heterocycles. The fourth-order valence-electron chi connectivity index (χ4n) is 2.60. The van der Waals surface area contributed by atoms with E-state index >= 15 is 0 Å². The minimum Gasteiger partial charge on any atom is -0.478 e. The van der Waals surface area contributed by atoms with Crippen molar-refractivity contribution in [3.05, 3.63) is 29.8 Å². The molecule has 20 heavy (non-hydrogen) atoms. The molecule has 1 aliphatic rings. The lowest BCUT2D eigenvalue weighted by Gasteiger charge is -2.26. The third-order valence-corrected chi connectivity index (χ3v) is 3.95. The number of carboxylic acid groups (broad SMARTS) is 1. The van der Waals surface area contributed by atoms with E-state index in [1.807, 2.05) is 0 Å². The van der Waals surface area contributed by atoms with E-state index in [4.69, 9.17) is 10.8 Å². The molecule has 1 amide bonds. The van der Waals surface area contributed by atoms with Crippen LogP contribution in [-0.2, 0) is 4.79 Å². The van der Waals surface area contributed by atoms with E-state index in [1.165, 1.54) is 12.1 Å². The first-order valence-corrected chi connectivity index (χ1v) is 6.94. The molecule has 0 unspecified atom stereocenters. The lowest BCUT2D eigenvalue weighted by molar-refractivity contribution is -0.121. The van der Waals surface area contributed by atoms with Gasteiger partial charge < -0.3 is 16.2 Å². The van der Waals surface area contributed by atoms with Crippen molar-refractivity contribution in [3.63, 3.8) is 0 Å². The van der Waals surface area contributed by atoms with Crippen LogP contribution in [0.15, 0.2) is 24.3 Å². The number of nitrogens with one attached hydrogen (secondary N) is 1. The summed E-state index contributed by atoms with van der Waals surface area (Å²) in [5.74, 6) is -0.364. The van der Waals surface area contributed by atoms with Crippen LogP contribution in [-0.4, -0.2) is 23.5 Å². The molecular weight excluding hydrogens is 256 g/mol. The van der Waals surface area contributed by atoms with Crippen LogP contribution in [0.2, 0.25) is 0 Å². The molecule has 0 heterocycles. The number of nitrogens with two attached hydrogens (primary N) is 1. The largest absolute Gasteiger partial charge is 0.478 e. The Hall–Kier alpha value is -1.88. The average molecular weight is 276 g/mol. The molecule has 1 saturated carbocycles. The Morgan fingerprint density at radius 1 is 1.15 bits per heavy atom. The SMILES string of the molecule is NCC1CCC(C(=O)Nc2ccc(C(=O)O)cc2)CC1. The van der Waals surface area contributed by atoms with Crippen molar-refractivity contribution >= 4 is 17.6 Å². The third kappa shape index (κ3) is 3.57. The molecule has 108 valence electrons. The fraction of sp³-hybridized carbons (Fsp3) is 0.467. The number of amides is 1. The molecule has 0 radical (unpaired) electrons. The van der Waals surface area contributed by atoms with Gasteiger partial charge in [-0.15, -0.1) is 0 Å². The molecule has 2 rings (SSSR count). The lowest BCUT2D eigenvalue weighted by Crippen LogP contribution is -2.29. The second-order valence-corrected chi connectivity index (χ2v) is 5.33. The minimum absolute atomic E-state index is 0.0172. The van der Waals surface area contributed by atoms with Crippen LogP contribution in [0.25, 0.3) is 0 Å². The van der Waals surface area contributed by atoms with Gasteiger partial charge in [0, 0.05) is 11.6 Å². The third-order valence-electron chi connectivity index (χ3n) is 3.95. The summed E-state index contributed by atoms with van der Waals surface area (Å²) < 4.78 is 0. The normalized spacial score (nSPS) is 22.2. The van der Waals surface area contributed by atoms with Crippen LogP contribution in [0, 0.1) is 11.8 Å². The zero-order chi connectivity index (χ0) is 14.5. The summed E-state index contributed by atoms with van der Waals surface area (Å²) in [6, 6.07) is 6.21. The number of carbonyl (C=O) groups excluding carboxylic acids is 1. The van der Waals surface area contributed by atoms with Gasteiger partial charge in [0.1, 0.15) is 0 Å². The Morgan fingerprint density at radius 3 is 2.25 bits per heavy atom. The van der Waals surface area contributed by atoms with Crippen molar-refractivity contribution in [1.29, 1.82) is 0 Å². The van der Waals surface area contributed by atoms with Crippen molar-refractivity contribution in [2.24, 2.45) is 17.6 Å². The summed E-state index contributed by atoms with van der Waals surface area (Å²) in [6.45, 7) is 0.699. The number of aromatic carboxylic acids is 1. The molecule has 1 aromatic carbocycles. The van der Waals surface area contributed by atoms with E-state index in [1.54, 1.807) is 12.1 Å². The Morgan fingerprint density at radius 2 is 1.75 bits per heavy atom. The van der Waals surface area contributed by atoms with Gasteiger partial charge >= 0.3 is 5.97 Å². The number of carbonyl (C=O) groups is 2. The van der Waals surface area contributed by atoms with Crippen molar-refractivity contribution in [2.45, 2.75) is 25.7 Å². The Labute approximate surface area is 118 Å². The van der Waals surface area contributed by atoms with Gasteiger partial charge in [0.05, 0.1) is 5.56 Å². The van der Waals surface area contributed by atoms with Crippen LogP contribution >= 0.6 is 0 Å². The molecule has 1 fully saturated rings. The standard InChI is InChI=1S/C15H20N2O3/c16-9-10-1-3-11(4-2-10)14(18)17-13-7-5-12(6-8-13)15(19)20/h5-8,10-11H,1-4,9,16H2,(H,17,18)(H,19,20). The second kappa shape index (κ2) is 6.52. The summed E-state index contributed by atoms with van der Waals surface area (Å²) in [5.41, 5.74) is 6.49. The molecule has 0 saturated heterocycles. The Bertz CT molecular complexity index is 476. The summed E-state index contributed by atoms with van der Waals surface area (Å²) in [7, 11) is 0. The van der Waals surface area contributed by atoms with Gasteiger partial charge in [-0.05, 0) is 62.4 Å². The molecule has 0 atom stereocenters. The van der Waals surface area contributed by atoms with E-state index in [9.17, 15) is 9.59 Å². The highest BCUT2D eigenvalue weighted by Gasteiger charge is 2.25. The average Bonchev–Trinajstić information content (AvgIpc) is 2.48. The number of carboxylic acids is 1. The minimum atomic E-state index is -0.969. The molecule has 0 bridgehead atoms. The monoisotopic (exact) mass is 276 g/mol. The molecular formula is C15H20N2O3. The van der Waals surface area contributed by atoms with Gasteiger partial charge in [-0.1, -0.05) is 0 Å². The van der Waals surface area contributed by atoms with Gasteiger partial charge in [0.25, 0.3) is 0 Å². The predicted octanol–water partition coefficient (Wildman–Crippen LogP) is 2.09. The lowest BCUT2D eigenvalue weighted by atomic mass is 9.81. The van der Waals surface area contributed by atoms with Crippen molar-refractivity contribution in [2.75, 3.05) is 11.9 Å². The number of hydrogen-bond donors (Lipinski definition) is 3. The summed E-state index contributed by atoms with van der Waals surface area (Å²) in [5, 5.41) is 11.7. The van der Waals surface area contributed by atoms with E-state index in [-0.39, 0.29) is 17.4 Å². The van der Waals surface area contributed by atoms with E-state index in [2.05, 4.69) is 5.32 Å². The van der Waals surface area contributed by atoms with Crippen molar-refractivity contribution in [3.8, 4) is 0 Å². The smallest absolute Gasteiger partial charge is 0.335 e. The number of hydrogen-bond acceptors (Lipinski definition) is 3. The first kappa shape index (κ1) is 14.5. The quantitative estimate of drug-likeness (QED) is 0.785. The number of benzene rings is 1. The molecule has 4 N–H and O–H groups in total. The van der Waals surface area contributed by atoms with Gasteiger partial charge in [-0.3, -0.25) is 4.79 Å². The number of anilines is 1. The first-order chi connectivity index (χ1) is 9.60. The highest BCUT2D eigenvalue weighted by molar-refractivity contribution is 5.93. The number of rotatable bonds is 4. The predicted molar refractivity (Wildman–Crippen MR) is 76.5 cm³/mol. The van der Waals surface area contributed by atoms with E-state index < -0.39 is 5.97 Å². The zero-order valence-electron chi connectivity index (χ0n) is 11.3. The molecule has 5 nitrogen and oxygen atoms in total. The van der Waals surface area contributed by atoms with Gasteiger partial charge in [0.2, 0.25) is 5.91 Å². The molecule has 0 spiro atoms. The Kier molecular flexibility index (Phi) is 4.74. The van der Waals surface area contributed by atoms with Crippen LogP contribution in [0.3, 0.4) is 0 Å². The highest BCUT2D eigenvalue weighted by atomic mass is 16.4.